The lowest BCUT2D eigenvalue weighted by atomic mass is 9.96. The van der Waals surface area contributed by atoms with E-state index < -0.39 is 296 Å². The number of rotatable bonds is 63. The number of phenols is 1. The van der Waals surface area contributed by atoms with Gasteiger partial charge >= 0.3 is 11.9 Å². The number of aromatic hydroxyl groups is 1. The first-order valence-corrected chi connectivity index (χ1v) is 44.4. The van der Waals surface area contributed by atoms with Gasteiger partial charge in [-0.3, -0.25) is 107 Å². The van der Waals surface area contributed by atoms with E-state index in [0.29, 0.717) is 17.5 Å². The molecule has 0 fully saturated rings. The molecule has 0 aliphatic heterocycles. The van der Waals surface area contributed by atoms with Crippen LogP contribution in [0.25, 0.3) is 0 Å². The Bertz CT molecular complexity index is 4570. The summed E-state index contributed by atoms with van der Waals surface area (Å²) in [5.74, 6) is -26.1. The van der Waals surface area contributed by atoms with Crippen molar-refractivity contribution in [1.29, 1.82) is 16.2 Å². The molecule has 0 aliphatic rings. The van der Waals surface area contributed by atoms with Gasteiger partial charge in [0.2, 0.25) is 106 Å². The van der Waals surface area contributed by atoms with Gasteiger partial charge in [-0.1, -0.05) is 83.0 Å². The summed E-state index contributed by atoms with van der Waals surface area (Å²) in [5.41, 5.74) is 28.2. The van der Waals surface area contributed by atoms with Crippen molar-refractivity contribution >= 4 is 136 Å². The van der Waals surface area contributed by atoms with E-state index in [1.165, 1.54) is 45.0 Å². The van der Waals surface area contributed by atoms with Gasteiger partial charge in [-0.2, -0.15) is 0 Å². The van der Waals surface area contributed by atoms with Crippen molar-refractivity contribution in [3.8, 4) is 5.75 Å². The van der Waals surface area contributed by atoms with E-state index in [9.17, 15) is 132 Å². The zero-order chi connectivity index (χ0) is 105. The average molecular weight is 1970 g/mol. The molecular weight excluding hydrogens is 1830 g/mol. The molecule has 0 saturated carbocycles. The highest BCUT2D eigenvalue weighted by Crippen LogP contribution is 2.17. The molecule has 139 heavy (non-hydrogen) atoms. The molecule has 21 atom stereocenters. The molecule has 0 aromatic heterocycles. The van der Waals surface area contributed by atoms with Crippen LogP contribution in [0.3, 0.4) is 0 Å². The Morgan fingerprint density at radius 2 is 0.662 bits per heavy atom. The van der Waals surface area contributed by atoms with Crippen LogP contribution in [0.1, 0.15) is 145 Å². The number of carbonyl (C=O) groups is 20. The van der Waals surface area contributed by atoms with Crippen LogP contribution in [0.2, 0.25) is 0 Å². The number of phenolic OH excluding ortho intramolecular Hbond substituents is 1. The first kappa shape index (κ1) is 120. The van der Waals surface area contributed by atoms with Crippen molar-refractivity contribution in [1.82, 2.24) is 106 Å². The third-order valence-electron chi connectivity index (χ3n) is 21.3. The second-order valence-corrected chi connectivity index (χ2v) is 33.0. The van der Waals surface area contributed by atoms with E-state index >= 15 is 0 Å². The summed E-state index contributed by atoms with van der Waals surface area (Å²) in [4.78, 5) is 272. The van der Waals surface area contributed by atoms with E-state index in [2.05, 4.69) is 106 Å². The number of guanidine groups is 3. The molecule has 774 valence electrons. The Labute approximate surface area is 799 Å². The molecule has 0 spiro atoms. The van der Waals surface area contributed by atoms with Gasteiger partial charge in [0.25, 0.3) is 0 Å². The monoisotopic (exact) mass is 1970 g/mol. The van der Waals surface area contributed by atoms with Crippen molar-refractivity contribution < 1.29 is 132 Å². The number of amides is 18. The van der Waals surface area contributed by atoms with Crippen LogP contribution >= 0.6 is 0 Å². The lowest BCUT2D eigenvalue weighted by molar-refractivity contribution is -0.144. The molecule has 2 aromatic carbocycles. The number of nitrogens with one attached hydrogen (secondary N) is 23. The summed E-state index contributed by atoms with van der Waals surface area (Å²) in [7, 11) is 0. The standard InChI is InChI=1S/C84H136N28O27/c1-11-38(3)62(109-76(133)53(31-46-19-14-13-15-20-46)105-75(132)55(34-60(121)122)104-66(123)40(5)98-73(130)52(32-47-24-26-48(117)27-25-47)107-80(137)65(45(10)116)112-77(134)61(86)43(8)114)79(136)100-41(6)67(124)108-56(37-113)69(126)96-35-58(119)102-50(22-17-29-94-83(89)90)72(129)111-64(44(9)115)78(135)97-36-59(120)101-49(21-16-28-93-82(87)88)70(127)103-51(23-18-30-95-84(91)92)71(128)106-54(33-57(85)118)74(131)99-42(7)68(125)110-63(81(138)139)39(4)12-2/h13-15,19-20,24-27,38-45,49-56,61-65,113-117H,11-12,16-18,21-23,28-37,86H2,1-10H3,(H2,85,118)(H,96,126)(H,97,135)(H,98,130)(H,99,131)(H,100,136)(H,101,120)(H,102,119)(H,103,127)(H,104,123)(H,105,132)(H,106,128)(H,107,137)(H,108,124)(H,109,133)(H,110,125)(H,111,129)(H,112,134)(H,121,122)(H,138,139)(H4,87,88,93)(H4,89,90,94)(H4,91,92,95)/t38-,39-,40-,41-,42-,43+,44+,45+,49-,50-,51-,52-,53-,54-,55-,56-,61-,62-,63-,64-,65-/m0/s1. The fourth-order valence-corrected chi connectivity index (χ4v) is 12.8. The third kappa shape index (κ3) is 45.2. The highest BCUT2D eigenvalue weighted by Gasteiger charge is 2.40. The normalized spacial score (nSPS) is 15.5. The van der Waals surface area contributed by atoms with Crippen molar-refractivity contribution in [3.63, 3.8) is 0 Å². The van der Waals surface area contributed by atoms with E-state index in [0.717, 1.165) is 27.7 Å². The average Bonchev–Trinajstić information content (AvgIpc) is 0.844. The summed E-state index contributed by atoms with van der Waals surface area (Å²) < 4.78 is 0. The van der Waals surface area contributed by atoms with E-state index in [1.807, 2.05) is 0 Å². The van der Waals surface area contributed by atoms with Crippen molar-refractivity contribution in [2.45, 2.75) is 261 Å². The predicted molar refractivity (Wildman–Crippen MR) is 494 cm³/mol. The maximum atomic E-state index is 14.6. The number of aliphatic hydroxyl groups excluding tert-OH is 4. The van der Waals surface area contributed by atoms with Crippen molar-refractivity contribution in [2.75, 3.05) is 39.3 Å². The van der Waals surface area contributed by atoms with Crippen LogP contribution in [0.5, 0.6) is 5.75 Å². The summed E-state index contributed by atoms with van der Waals surface area (Å²) in [6, 6.07) is -13.5. The van der Waals surface area contributed by atoms with Crippen LogP contribution in [-0.4, -0.2) is 326 Å². The molecule has 55 heteroatoms. The SMILES string of the molecule is CC[C@H](C)[C@H](NC(=O)[C@H](C)NC(=O)[C@H](CC(N)=O)NC(=O)[C@H](CCCNC(=N)N)NC(=O)[C@H](CCCNC(=N)N)NC(=O)CNC(=O)[C@@H](NC(=O)[C@H](CCCNC(=N)N)NC(=O)CNC(=O)[C@H](CO)NC(=O)[C@H](C)NC(=O)[C@@H](NC(=O)[C@H](Cc1ccccc1)NC(=O)[C@H](CC(=O)O)NC(=O)[C@H](C)NC(=O)[C@H](Cc1ccc(O)cc1)NC(=O)[C@@H](NC(=O)[C@@H](N)[C@@H](C)O)[C@@H](C)O)[C@@H](C)CC)[C@@H](C)O)C(=O)O. The maximum absolute atomic E-state index is 14.6. The number of carbonyl (C=O) groups excluding carboxylic acids is 18. The van der Waals surface area contributed by atoms with Gasteiger partial charge in [0.1, 0.15) is 102 Å². The topological polar surface area (TPSA) is 925 Å². The number of aliphatic carboxylic acids is 2. The van der Waals surface area contributed by atoms with E-state index in [4.69, 9.17) is 44.9 Å². The molecule has 18 amide bonds. The van der Waals surface area contributed by atoms with Crippen LogP contribution in [-0.2, 0) is 109 Å². The van der Waals surface area contributed by atoms with E-state index in [-0.39, 0.29) is 83.2 Å². The van der Waals surface area contributed by atoms with Crippen molar-refractivity contribution in [2.24, 2.45) is 40.5 Å². The fraction of sp³-hybridized carbons (Fsp3) is 0.583. The lowest BCUT2D eigenvalue weighted by Crippen LogP contribution is -2.62. The van der Waals surface area contributed by atoms with Crippen LogP contribution in [0.4, 0.5) is 0 Å². The molecule has 0 saturated heterocycles. The van der Waals surface area contributed by atoms with Gasteiger partial charge in [-0.15, -0.1) is 0 Å². The molecule has 40 N–H and O–H groups in total. The molecule has 0 radical (unpaired) electrons. The highest BCUT2D eigenvalue weighted by molar-refractivity contribution is 6.02. The first-order valence-electron chi connectivity index (χ1n) is 44.4. The third-order valence-corrected chi connectivity index (χ3v) is 21.3. The second-order valence-electron chi connectivity index (χ2n) is 33.0. The number of carboxylic acids is 2. The smallest absolute Gasteiger partial charge is 0.326 e. The predicted octanol–water partition coefficient (Wildman–Crippen LogP) is -12.5. The van der Waals surface area contributed by atoms with Gasteiger partial charge in [-0.25, -0.2) is 4.79 Å². The molecule has 55 nitrogen and oxygen atoms in total. The Balaban J connectivity index is 2.36. The molecular formula is C84H136N28O27. The highest BCUT2D eigenvalue weighted by atomic mass is 16.4. The summed E-state index contributed by atoms with van der Waals surface area (Å²) in [5, 5.41) is 141. The van der Waals surface area contributed by atoms with Crippen molar-refractivity contribution in [3.05, 3.63) is 65.7 Å². The minimum atomic E-state index is -2.00. The minimum absolute atomic E-state index is 0.0238. The number of hydrogen-bond donors (Lipinski definition) is 35. The number of primary amides is 1. The fourth-order valence-electron chi connectivity index (χ4n) is 12.8. The summed E-state index contributed by atoms with van der Waals surface area (Å²) in [6.45, 7) is 9.91. The number of aliphatic hydroxyl groups is 4. The Morgan fingerprint density at radius 3 is 1.09 bits per heavy atom. The van der Waals surface area contributed by atoms with Gasteiger partial charge in [0.05, 0.1) is 50.8 Å². The molecule has 2 rings (SSSR count). The minimum Gasteiger partial charge on any atom is -0.508 e. The van der Waals surface area contributed by atoms with Crippen LogP contribution in [0.15, 0.2) is 54.6 Å². The Morgan fingerprint density at radius 1 is 0.338 bits per heavy atom. The Kier molecular flexibility index (Phi) is 53.1. The molecule has 0 heterocycles. The van der Waals surface area contributed by atoms with E-state index in [1.54, 1.807) is 51.1 Å². The van der Waals surface area contributed by atoms with Crippen LogP contribution < -0.4 is 135 Å². The van der Waals surface area contributed by atoms with Crippen LogP contribution in [0, 0.1) is 28.1 Å². The summed E-state index contributed by atoms with van der Waals surface area (Å²) >= 11 is 0. The van der Waals surface area contributed by atoms with Gasteiger partial charge < -0.3 is 171 Å². The number of nitrogens with two attached hydrogens (primary N) is 5. The molecule has 0 aliphatic carbocycles. The summed E-state index contributed by atoms with van der Waals surface area (Å²) in [6.07, 6.45) is -7.95. The zero-order valence-electron chi connectivity index (χ0n) is 78.7. The maximum Gasteiger partial charge on any atom is 0.326 e. The quantitative estimate of drug-likeness (QED) is 0.0166. The number of carboxylic acid groups (broad SMARTS) is 2. The number of benzene rings is 2. The number of hydrogen-bond acceptors (Lipinski definition) is 29. The second kappa shape index (κ2) is 61.4. The van der Waals surface area contributed by atoms with Gasteiger partial charge in [0, 0.05) is 32.5 Å². The molecule has 0 bridgehead atoms. The molecule has 0 unspecified atom stereocenters. The first-order chi connectivity index (χ1) is 65.1. The zero-order valence-corrected chi connectivity index (χ0v) is 78.7. The lowest BCUT2D eigenvalue weighted by Gasteiger charge is -2.29. The molecule has 2 aromatic rings. The van der Waals surface area contributed by atoms with Gasteiger partial charge in [0.15, 0.2) is 17.9 Å². The largest absolute Gasteiger partial charge is 0.508 e. The van der Waals surface area contributed by atoms with Gasteiger partial charge in [-0.05, 0) is 115 Å². The Hall–Kier alpha value is -14.8.